The molecule has 3 saturated carbocycles. The van der Waals surface area contributed by atoms with Gasteiger partial charge in [0, 0.05) is 11.8 Å². The first-order valence-electron chi connectivity index (χ1n) is 8.95. The Bertz CT molecular complexity index is 539. The number of fused-ring (bicyclic) bond motifs is 5. The average Bonchev–Trinajstić information content (AvgIpc) is 2.75. The fourth-order valence-electron chi connectivity index (χ4n) is 6.55. The second kappa shape index (κ2) is 4.67. The van der Waals surface area contributed by atoms with Crippen molar-refractivity contribution in [3.05, 3.63) is 11.6 Å². The van der Waals surface area contributed by atoms with Gasteiger partial charge >= 0.3 is 0 Å². The lowest BCUT2D eigenvalue weighted by molar-refractivity contribution is -0.145. The van der Waals surface area contributed by atoms with Crippen LogP contribution >= 0.6 is 0 Å². The Morgan fingerprint density at radius 3 is 2.73 bits per heavy atom. The number of hydrogen-bond acceptors (Lipinski definition) is 3. The number of ketones is 1. The highest BCUT2D eigenvalue weighted by Crippen LogP contribution is 2.63. The zero-order chi connectivity index (χ0) is 15.7. The molecule has 7 atom stereocenters. The standard InChI is InChI=1S/C19H28O3/c1-18-8-7-12(20)9-11(18)3-4-13-14-5-6-16(22)19(14,2)10-15(21)17(13)18/h3,12-15,17,20-21H,4-10H2,1-2H3/t12-,13+,14+,15+,17-,18+,19+/m1/s1. The number of aliphatic hydroxyl groups excluding tert-OH is 2. The number of hydrogen-bond donors (Lipinski definition) is 2. The predicted octanol–water partition coefficient (Wildman–Crippen LogP) is 2.85. The summed E-state index contributed by atoms with van der Waals surface area (Å²) in [5.74, 6) is 1.51. The molecule has 0 unspecified atom stereocenters. The minimum absolute atomic E-state index is 0.0224. The first-order valence-corrected chi connectivity index (χ1v) is 8.95. The molecule has 0 aliphatic heterocycles. The molecule has 0 amide bonds. The van der Waals surface area contributed by atoms with E-state index in [4.69, 9.17) is 0 Å². The van der Waals surface area contributed by atoms with E-state index >= 15 is 0 Å². The van der Waals surface area contributed by atoms with Crippen LogP contribution in [0.2, 0.25) is 0 Å². The third-order valence-electron chi connectivity index (χ3n) is 7.72. The molecular weight excluding hydrogens is 276 g/mol. The lowest BCUT2D eigenvalue weighted by Gasteiger charge is -2.58. The van der Waals surface area contributed by atoms with E-state index in [1.807, 2.05) is 0 Å². The van der Waals surface area contributed by atoms with Crippen LogP contribution in [0.5, 0.6) is 0 Å². The molecular formula is C19H28O3. The summed E-state index contributed by atoms with van der Waals surface area (Å²) in [4.78, 5) is 12.4. The van der Waals surface area contributed by atoms with Gasteiger partial charge in [0.1, 0.15) is 5.78 Å². The molecule has 4 aliphatic rings. The monoisotopic (exact) mass is 304 g/mol. The Hall–Kier alpha value is -0.670. The molecule has 0 radical (unpaired) electrons. The predicted molar refractivity (Wildman–Crippen MR) is 84.1 cm³/mol. The molecule has 0 spiro atoms. The van der Waals surface area contributed by atoms with Crippen molar-refractivity contribution in [1.82, 2.24) is 0 Å². The Kier molecular flexibility index (Phi) is 3.16. The topological polar surface area (TPSA) is 57.5 Å². The fraction of sp³-hybridized carbons (Fsp3) is 0.842. The van der Waals surface area contributed by atoms with E-state index in [0.29, 0.717) is 30.5 Å². The normalized spacial score (nSPS) is 54.3. The number of carbonyl (C=O) groups is 1. The van der Waals surface area contributed by atoms with Crippen LogP contribution in [0.3, 0.4) is 0 Å². The highest BCUT2D eigenvalue weighted by molar-refractivity contribution is 5.87. The SMILES string of the molecule is C[C@]12CC[C@@H](O)CC1=CC[C@@H]1[C@@H]2[C@@H](O)C[C@]2(C)C(=O)CC[C@@H]12. The number of Topliss-reactive ketones (excluding diaryl/α,β-unsaturated/α-hetero) is 1. The summed E-state index contributed by atoms with van der Waals surface area (Å²) in [6.45, 7) is 4.39. The van der Waals surface area contributed by atoms with Crippen molar-refractivity contribution < 1.29 is 15.0 Å². The van der Waals surface area contributed by atoms with Gasteiger partial charge in [0.25, 0.3) is 0 Å². The zero-order valence-electron chi connectivity index (χ0n) is 13.7. The number of rotatable bonds is 0. The van der Waals surface area contributed by atoms with Crippen molar-refractivity contribution in [2.45, 2.75) is 71.0 Å². The quantitative estimate of drug-likeness (QED) is 0.677. The zero-order valence-corrected chi connectivity index (χ0v) is 13.7. The Labute approximate surface area is 132 Å². The third-order valence-corrected chi connectivity index (χ3v) is 7.72. The molecule has 0 bridgehead atoms. The van der Waals surface area contributed by atoms with Gasteiger partial charge in [0.2, 0.25) is 0 Å². The van der Waals surface area contributed by atoms with Gasteiger partial charge in [-0.05, 0) is 61.7 Å². The fourth-order valence-corrected chi connectivity index (χ4v) is 6.55. The molecule has 0 aromatic heterocycles. The molecule has 22 heavy (non-hydrogen) atoms. The molecule has 3 heteroatoms. The van der Waals surface area contributed by atoms with Crippen molar-refractivity contribution in [3.8, 4) is 0 Å². The van der Waals surface area contributed by atoms with Gasteiger partial charge in [-0.2, -0.15) is 0 Å². The van der Waals surface area contributed by atoms with Crippen molar-refractivity contribution in [2.75, 3.05) is 0 Å². The summed E-state index contributed by atoms with van der Waals surface area (Å²) in [6.07, 6.45) is 7.65. The number of carbonyl (C=O) groups excluding carboxylic acids is 1. The Morgan fingerprint density at radius 2 is 1.95 bits per heavy atom. The van der Waals surface area contributed by atoms with E-state index in [1.54, 1.807) is 0 Å². The van der Waals surface area contributed by atoms with Crippen molar-refractivity contribution in [2.24, 2.45) is 28.6 Å². The summed E-state index contributed by atoms with van der Waals surface area (Å²) < 4.78 is 0. The summed E-state index contributed by atoms with van der Waals surface area (Å²) in [6, 6.07) is 0. The van der Waals surface area contributed by atoms with Gasteiger partial charge in [0.15, 0.2) is 0 Å². The van der Waals surface area contributed by atoms with Crippen LogP contribution in [-0.2, 0) is 4.79 Å². The maximum absolute atomic E-state index is 12.4. The maximum atomic E-state index is 12.4. The summed E-state index contributed by atoms with van der Waals surface area (Å²) in [5, 5.41) is 21.0. The highest BCUT2D eigenvalue weighted by atomic mass is 16.3. The lowest BCUT2D eigenvalue weighted by Crippen LogP contribution is -2.56. The van der Waals surface area contributed by atoms with Gasteiger partial charge in [-0.25, -0.2) is 0 Å². The summed E-state index contributed by atoms with van der Waals surface area (Å²) in [5.41, 5.74) is 1.09. The Morgan fingerprint density at radius 1 is 1.18 bits per heavy atom. The van der Waals surface area contributed by atoms with E-state index in [0.717, 1.165) is 32.1 Å². The first kappa shape index (κ1) is 14.9. The Balaban J connectivity index is 1.74. The molecule has 3 nitrogen and oxygen atoms in total. The van der Waals surface area contributed by atoms with Gasteiger partial charge in [-0.15, -0.1) is 0 Å². The number of allylic oxidation sites excluding steroid dienone is 1. The van der Waals surface area contributed by atoms with Crippen LogP contribution in [0.15, 0.2) is 11.6 Å². The molecule has 0 aromatic rings. The minimum atomic E-state index is -0.378. The second-order valence-corrected chi connectivity index (χ2v) is 8.73. The summed E-state index contributed by atoms with van der Waals surface area (Å²) in [7, 11) is 0. The molecule has 4 aliphatic carbocycles. The molecule has 3 fully saturated rings. The highest BCUT2D eigenvalue weighted by Gasteiger charge is 2.61. The van der Waals surface area contributed by atoms with Crippen LogP contribution in [0.4, 0.5) is 0 Å². The van der Waals surface area contributed by atoms with Crippen LogP contribution in [0.1, 0.15) is 58.8 Å². The molecule has 0 aromatic carbocycles. The molecule has 4 rings (SSSR count). The molecule has 122 valence electrons. The van der Waals surface area contributed by atoms with Gasteiger partial charge < -0.3 is 10.2 Å². The maximum Gasteiger partial charge on any atom is 0.139 e. The van der Waals surface area contributed by atoms with Gasteiger partial charge in [-0.3, -0.25) is 4.79 Å². The van der Waals surface area contributed by atoms with Crippen molar-refractivity contribution in [1.29, 1.82) is 0 Å². The van der Waals surface area contributed by atoms with Crippen molar-refractivity contribution >= 4 is 5.78 Å². The summed E-state index contributed by atoms with van der Waals surface area (Å²) >= 11 is 0. The van der Waals surface area contributed by atoms with E-state index in [2.05, 4.69) is 19.9 Å². The van der Waals surface area contributed by atoms with E-state index in [1.165, 1.54) is 5.57 Å². The smallest absolute Gasteiger partial charge is 0.139 e. The van der Waals surface area contributed by atoms with Gasteiger partial charge in [0.05, 0.1) is 12.2 Å². The van der Waals surface area contributed by atoms with Crippen LogP contribution < -0.4 is 0 Å². The first-order chi connectivity index (χ1) is 10.4. The van der Waals surface area contributed by atoms with E-state index in [9.17, 15) is 15.0 Å². The second-order valence-electron chi connectivity index (χ2n) is 8.73. The molecule has 0 heterocycles. The third kappa shape index (κ3) is 1.78. The lowest BCUT2D eigenvalue weighted by atomic mass is 9.47. The van der Waals surface area contributed by atoms with Crippen LogP contribution in [-0.4, -0.2) is 28.2 Å². The van der Waals surface area contributed by atoms with E-state index in [-0.39, 0.29) is 29.0 Å². The van der Waals surface area contributed by atoms with Gasteiger partial charge in [-0.1, -0.05) is 25.5 Å². The molecule has 2 N–H and O–H groups in total. The van der Waals surface area contributed by atoms with Crippen molar-refractivity contribution in [3.63, 3.8) is 0 Å². The van der Waals surface area contributed by atoms with Crippen LogP contribution in [0.25, 0.3) is 0 Å². The minimum Gasteiger partial charge on any atom is -0.393 e. The van der Waals surface area contributed by atoms with Crippen LogP contribution in [0, 0.1) is 28.6 Å². The molecule has 0 saturated heterocycles. The largest absolute Gasteiger partial charge is 0.393 e. The number of aliphatic hydroxyl groups is 2. The average molecular weight is 304 g/mol. The van der Waals surface area contributed by atoms with E-state index < -0.39 is 0 Å².